The number of aliphatic hydroxyl groups excluding tert-OH is 1. The van der Waals surface area contributed by atoms with E-state index in [9.17, 15) is 5.11 Å². The zero-order valence-corrected chi connectivity index (χ0v) is 14.8. The van der Waals surface area contributed by atoms with Crippen molar-refractivity contribution in [3.8, 4) is 0 Å². The SMILES string of the molecule is C/C=C/C[C@H](C)[C@H](C)[C@@H](C)[C@@H](O)C(C)(C)C1NCCCN1. The van der Waals surface area contributed by atoms with Crippen LogP contribution in [0, 0.1) is 23.2 Å². The summed E-state index contributed by atoms with van der Waals surface area (Å²) in [5, 5.41) is 18.0. The van der Waals surface area contributed by atoms with Crippen LogP contribution in [0.25, 0.3) is 0 Å². The molecule has 0 unspecified atom stereocenters. The molecule has 0 amide bonds. The summed E-state index contributed by atoms with van der Waals surface area (Å²) in [6.45, 7) is 15.3. The van der Waals surface area contributed by atoms with Gasteiger partial charge < -0.3 is 15.7 Å². The molecule has 1 heterocycles. The largest absolute Gasteiger partial charge is 0.392 e. The van der Waals surface area contributed by atoms with Crippen molar-refractivity contribution in [1.82, 2.24) is 10.6 Å². The van der Waals surface area contributed by atoms with E-state index in [1.54, 1.807) is 0 Å². The van der Waals surface area contributed by atoms with E-state index in [2.05, 4.69) is 64.3 Å². The summed E-state index contributed by atoms with van der Waals surface area (Å²) in [4.78, 5) is 0. The van der Waals surface area contributed by atoms with Gasteiger partial charge >= 0.3 is 0 Å². The molecule has 0 aromatic rings. The molecule has 0 saturated carbocycles. The van der Waals surface area contributed by atoms with Gasteiger partial charge in [-0.05, 0) is 50.6 Å². The fourth-order valence-electron chi connectivity index (χ4n) is 3.40. The van der Waals surface area contributed by atoms with Crippen LogP contribution in [0.1, 0.15) is 54.4 Å². The van der Waals surface area contributed by atoms with Crippen molar-refractivity contribution in [2.24, 2.45) is 23.2 Å². The average molecular weight is 296 g/mol. The van der Waals surface area contributed by atoms with Crippen molar-refractivity contribution < 1.29 is 5.11 Å². The first-order chi connectivity index (χ1) is 9.82. The van der Waals surface area contributed by atoms with Crippen LogP contribution in [-0.4, -0.2) is 30.5 Å². The number of hydrogen-bond donors (Lipinski definition) is 3. The first kappa shape index (κ1) is 18.7. The maximum atomic E-state index is 10.9. The van der Waals surface area contributed by atoms with Gasteiger partial charge in [-0.25, -0.2) is 0 Å². The maximum absolute atomic E-state index is 10.9. The summed E-state index contributed by atoms with van der Waals surface area (Å²) < 4.78 is 0. The number of aliphatic hydroxyl groups is 1. The lowest BCUT2D eigenvalue weighted by molar-refractivity contribution is -0.0471. The van der Waals surface area contributed by atoms with E-state index < -0.39 is 0 Å². The molecule has 3 N–H and O–H groups in total. The highest BCUT2D eigenvalue weighted by atomic mass is 16.3. The molecular weight excluding hydrogens is 260 g/mol. The zero-order chi connectivity index (χ0) is 16.0. The van der Waals surface area contributed by atoms with Crippen LogP contribution in [0.3, 0.4) is 0 Å². The molecule has 0 spiro atoms. The summed E-state index contributed by atoms with van der Waals surface area (Å²) in [7, 11) is 0. The minimum atomic E-state index is -0.316. The van der Waals surface area contributed by atoms with Crippen LogP contribution in [0.2, 0.25) is 0 Å². The van der Waals surface area contributed by atoms with Gasteiger partial charge in [0.1, 0.15) is 0 Å². The zero-order valence-electron chi connectivity index (χ0n) is 14.8. The van der Waals surface area contributed by atoms with Crippen LogP contribution >= 0.6 is 0 Å². The van der Waals surface area contributed by atoms with Gasteiger partial charge in [-0.15, -0.1) is 0 Å². The summed E-state index contributed by atoms with van der Waals surface area (Å²) >= 11 is 0. The standard InChI is InChI=1S/C18H36N2O/c1-7-8-10-13(2)14(3)15(4)16(21)18(5,6)17-19-11-9-12-20-17/h7-8,13-17,19-21H,9-12H2,1-6H3/b8-7+/t13-,14-,15+,16+/m0/s1. The molecule has 3 heteroatoms. The Morgan fingerprint density at radius 2 is 1.71 bits per heavy atom. The smallest absolute Gasteiger partial charge is 0.0649 e. The van der Waals surface area contributed by atoms with E-state index >= 15 is 0 Å². The molecule has 21 heavy (non-hydrogen) atoms. The molecule has 0 aliphatic carbocycles. The van der Waals surface area contributed by atoms with E-state index in [-0.39, 0.29) is 23.6 Å². The third-order valence-electron chi connectivity index (χ3n) is 5.53. The molecule has 1 saturated heterocycles. The third kappa shape index (κ3) is 4.80. The van der Waals surface area contributed by atoms with E-state index in [0.717, 1.165) is 25.9 Å². The lowest BCUT2D eigenvalue weighted by Gasteiger charge is -2.45. The Morgan fingerprint density at radius 3 is 2.24 bits per heavy atom. The van der Waals surface area contributed by atoms with Gasteiger partial charge in [0.25, 0.3) is 0 Å². The average Bonchev–Trinajstić information content (AvgIpc) is 2.51. The van der Waals surface area contributed by atoms with Crippen molar-refractivity contribution in [2.45, 2.75) is 66.7 Å². The first-order valence-electron chi connectivity index (χ1n) is 8.58. The molecule has 0 bridgehead atoms. The Balaban J connectivity index is 2.68. The van der Waals surface area contributed by atoms with E-state index in [1.807, 2.05) is 0 Å². The Bertz CT molecular complexity index is 321. The number of nitrogens with one attached hydrogen (secondary N) is 2. The number of rotatable bonds is 7. The van der Waals surface area contributed by atoms with E-state index in [4.69, 9.17) is 0 Å². The molecule has 124 valence electrons. The highest BCUT2D eigenvalue weighted by Crippen LogP contribution is 2.36. The maximum Gasteiger partial charge on any atom is 0.0649 e. The van der Waals surface area contributed by atoms with Crippen LogP contribution in [-0.2, 0) is 0 Å². The molecule has 1 fully saturated rings. The van der Waals surface area contributed by atoms with E-state index in [0.29, 0.717) is 11.8 Å². The van der Waals surface area contributed by atoms with Crippen LogP contribution in [0.4, 0.5) is 0 Å². The molecule has 0 aromatic heterocycles. The fourth-order valence-corrected chi connectivity index (χ4v) is 3.40. The second-order valence-corrected chi connectivity index (χ2v) is 7.46. The Hall–Kier alpha value is -0.380. The molecular formula is C18H36N2O. The first-order valence-corrected chi connectivity index (χ1v) is 8.58. The van der Waals surface area contributed by atoms with Gasteiger partial charge in [0.05, 0.1) is 12.3 Å². The highest BCUT2D eigenvalue weighted by Gasteiger charge is 2.41. The summed E-state index contributed by atoms with van der Waals surface area (Å²) in [5.74, 6) is 1.37. The normalized spacial score (nSPS) is 24.0. The van der Waals surface area contributed by atoms with Crippen molar-refractivity contribution in [1.29, 1.82) is 0 Å². The predicted octanol–water partition coefficient (Wildman–Crippen LogP) is 3.16. The summed E-state index contributed by atoms with van der Waals surface area (Å²) in [6, 6.07) is 0. The lowest BCUT2D eigenvalue weighted by Crippen LogP contribution is -2.61. The second kappa shape index (κ2) is 8.30. The van der Waals surface area contributed by atoms with Crippen molar-refractivity contribution >= 4 is 0 Å². The van der Waals surface area contributed by atoms with Crippen LogP contribution in [0.5, 0.6) is 0 Å². The molecule has 0 radical (unpaired) electrons. The Kier molecular flexibility index (Phi) is 7.38. The number of hydrogen-bond acceptors (Lipinski definition) is 3. The van der Waals surface area contributed by atoms with Gasteiger partial charge in [-0.3, -0.25) is 0 Å². The lowest BCUT2D eigenvalue weighted by atomic mass is 9.70. The summed E-state index contributed by atoms with van der Waals surface area (Å²) in [6.07, 6.45) is 6.48. The summed E-state index contributed by atoms with van der Waals surface area (Å²) in [5.41, 5.74) is -0.172. The predicted molar refractivity (Wildman–Crippen MR) is 91.1 cm³/mol. The monoisotopic (exact) mass is 296 g/mol. The molecule has 3 nitrogen and oxygen atoms in total. The Morgan fingerprint density at radius 1 is 1.14 bits per heavy atom. The molecule has 4 atom stereocenters. The van der Waals surface area contributed by atoms with Gasteiger partial charge in [0, 0.05) is 5.41 Å². The van der Waals surface area contributed by atoms with Gasteiger partial charge in [0.2, 0.25) is 0 Å². The van der Waals surface area contributed by atoms with Crippen molar-refractivity contribution in [3.05, 3.63) is 12.2 Å². The third-order valence-corrected chi connectivity index (χ3v) is 5.53. The molecule has 1 aliphatic rings. The quantitative estimate of drug-likeness (QED) is 0.632. The Labute approximate surface area is 131 Å². The van der Waals surface area contributed by atoms with Gasteiger partial charge in [-0.2, -0.15) is 0 Å². The van der Waals surface area contributed by atoms with E-state index in [1.165, 1.54) is 0 Å². The second-order valence-electron chi connectivity index (χ2n) is 7.46. The molecule has 0 aromatic carbocycles. The van der Waals surface area contributed by atoms with Crippen LogP contribution in [0.15, 0.2) is 12.2 Å². The van der Waals surface area contributed by atoms with Crippen molar-refractivity contribution in [2.75, 3.05) is 13.1 Å². The van der Waals surface area contributed by atoms with Crippen LogP contribution < -0.4 is 10.6 Å². The molecule has 1 rings (SSSR count). The minimum absolute atomic E-state index is 0.172. The molecule has 1 aliphatic heterocycles. The van der Waals surface area contributed by atoms with Crippen molar-refractivity contribution in [3.63, 3.8) is 0 Å². The topological polar surface area (TPSA) is 44.3 Å². The van der Waals surface area contributed by atoms with Gasteiger partial charge in [0.15, 0.2) is 0 Å². The number of allylic oxidation sites excluding steroid dienone is 2. The minimum Gasteiger partial charge on any atom is -0.392 e. The highest BCUT2D eigenvalue weighted by molar-refractivity contribution is 4.94. The fraction of sp³-hybridized carbons (Fsp3) is 0.889. The van der Waals surface area contributed by atoms with Gasteiger partial charge in [-0.1, -0.05) is 46.8 Å².